The minimum absolute atomic E-state index is 0.0723. The van der Waals surface area contributed by atoms with Crippen LogP contribution in [0.15, 0.2) is 163 Å². The molecule has 10 rings (SSSR count). The molecule has 0 aliphatic carbocycles. The lowest BCUT2D eigenvalue weighted by Gasteiger charge is -2.17. The first-order valence-corrected chi connectivity index (χ1v) is 16.1. The summed E-state index contributed by atoms with van der Waals surface area (Å²) in [6, 6.07) is 51.5. The number of aromatic nitrogens is 4. The van der Waals surface area contributed by atoms with Crippen molar-refractivity contribution >= 4 is 65.3 Å². The highest BCUT2D eigenvalue weighted by atomic mass is 16.1. The molecule has 0 atom stereocenters. The van der Waals surface area contributed by atoms with Gasteiger partial charge in [-0.3, -0.25) is 13.9 Å². The molecule has 4 heterocycles. The normalized spacial score (nSPS) is 11.8. The van der Waals surface area contributed by atoms with Crippen LogP contribution in [0.5, 0.6) is 0 Å². The second-order valence-corrected chi connectivity index (χ2v) is 12.1. The fourth-order valence-electron chi connectivity index (χ4n) is 7.60. The van der Waals surface area contributed by atoms with Crippen LogP contribution in [0.3, 0.4) is 0 Å². The molecule has 5 heteroatoms. The van der Waals surface area contributed by atoms with Crippen LogP contribution in [0.1, 0.15) is 0 Å². The standard InChI is InChI=1S/C43H26N4O/c48-43-40-38(32-20-9-11-23-35(32)46(43)28-16-5-2-6-17-28)29-18-7-8-19-30(29)39-33-21-10-12-24-36(33)47(41(39)40)37-26-34(27-14-3-1-4-15-27)31-22-13-25-44-42(31)45-37/h1-26H. The molecule has 0 fully saturated rings. The Bertz CT molecular complexity index is 2960. The van der Waals surface area contributed by atoms with E-state index in [0.29, 0.717) is 16.9 Å². The lowest BCUT2D eigenvalue weighted by atomic mass is 9.94. The number of para-hydroxylation sites is 3. The van der Waals surface area contributed by atoms with Crippen molar-refractivity contribution in [1.82, 2.24) is 19.1 Å². The zero-order valence-electron chi connectivity index (χ0n) is 25.7. The van der Waals surface area contributed by atoms with Gasteiger partial charge in [-0.15, -0.1) is 0 Å². The number of fused-ring (bicyclic) bond motifs is 11. The molecule has 5 nitrogen and oxygen atoms in total. The van der Waals surface area contributed by atoms with Crippen molar-refractivity contribution < 1.29 is 0 Å². The fraction of sp³-hybridized carbons (Fsp3) is 0. The van der Waals surface area contributed by atoms with E-state index in [4.69, 9.17) is 9.97 Å². The Labute approximate surface area is 274 Å². The minimum Gasteiger partial charge on any atom is -0.293 e. The first-order valence-electron chi connectivity index (χ1n) is 16.1. The topological polar surface area (TPSA) is 52.7 Å². The maximum Gasteiger partial charge on any atom is 0.265 e. The molecule has 0 unspecified atom stereocenters. The number of hydrogen-bond acceptors (Lipinski definition) is 3. The smallest absolute Gasteiger partial charge is 0.265 e. The van der Waals surface area contributed by atoms with Crippen LogP contribution >= 0.6 is 0 Å². The van der Waals surface area contributed by atoms with Gasteiger partial charge in [-0.2, -0.15) is 0 Å². The third kappa shape index (κ3) is 3.70. The van der Waals surface area contributed by atoms with Gasteiger partial charge in [0.25, 0.3) is 5.56 Å². The Hall–Kier alpha value is -6.59. The monoisotopic (exact) mass is 614 g/mol. The predicted octanol–water partition coefficient (Wildman–Crippen LogP) is 10.0. The van der Waals surface area contributed by atoms with E-state index in [2.05, 4.69) is 102 Å². The summed E-state index contributed by atoms with van der Waals surface area (Å²) in [4.78, 5) is 25.2. The molecule has 0 radical (unpaired) electrons. The molecule has 0 spiro atoms. The van der Waals surface area contributed by atoms with E-state index < -0.39 is 0 Å². The maximum atomic E-state index is 15.3. The maximum absolute atomic E-state index is 15.3. The predicted molar refractivity (Wildman–Crippen MR) is 197 cm³/mol. The van der Waals surface area contributed by atoms with E-state index in [1.165, 1.54) is 0 Å². The largest absolute Gasteiger partial charge is 0.293 e. The molecule has 4 aromatic heterocycles. The number of benzene rings is 6. The van der Waals surface area contributed by atoms with Gasteiger partial charge >= 0.3 is 0 Å². The summed E-state index contributed by atoms with van der Waals surface area (Å²) in [5, 5.41) is 7.83. The van der Waals surface area contributed by atoms with Gasteiger partial charge in [0, 0.05) is 38.8 Å². The first-order chi connectivity index (χ1) is 23.8. The van der Waals surface area contributed by atoms with E-state index in [9.17, 15) is 0 Å². The van der Waals surface area contributed by atoms with E-state index in [0.717, 1.165) is 71.1 Å². The molecule has 0 saturated heterocycles. The van der Waals surface area contributed by atoms with Crippen molar-refractivity contribution in [3.05, 3.63) is 168 Å². The van der Waals surface area contributed by atoms with Gasteiger partial charge in [0.15, 0.2) is 5.65 Å². The third-order valence-electron chi connectivity index (χ3n) is 9.56. The summed E-state index contributed by atoms with van der Waals surface area (Å²) in [5.74, 6) is 0.710. The van der Waals surface area contributed by atoms with Gasteiger partial charge in [0.1, 0.15) is 5.82 Å². The van der Waals surface area contributed by atoms with Gasteiger partial charge < -0.3 is 0 Å². The molecular formula is C43H26N4O. The number of nitrogens with zero attached hydrogens (tertiary/aromatic N) is 4. The van der Waals surface area contributed by atoms with E-state index >= 15 is 4.79 Å². The quantitative estimate of drug-likeness (QED) is 0.186. The Balaban J connectivity index is 1.50. The van der Waals surface area contributed by atoms with Crippen molar-refractivity contribution in [2.45, 2.75) is 0 Å². The van der Waals surface area contributed by atoms with Crippen molar-refractivity contribution in [2.75, 3.05) is 0 Å². The van der Waals surface area contributed by atoms with Gasteiger partial charge in [-0.25, -0.2) is 9.97 Å². The molecule has 10 aromatic rings. The van der Waals surface area contributed by atoms with Crippen molar-refractivity contribution in [3.8, 4) is 22.6 Å². The highest BCUT2D eigenvalue weighted by molar-refractivity contribution is 6.35. The second-order valence-electron chi connectivity index (χ2n) is 12.1. The zero-order chi connectivity index (χ0) is 31.8. The fourth-order valence-corrected chi connectivity index (χ4v) is 7.60. The highest BCUT2D eigenvalue weighted by Gasteiger charge is 2.25. The second kappa shape index (κ2) is 10.2. The SMILES string of the molecule is O=c1c2c(c3ccccc3c3c4ccccc4n(-c4cc(-c5ccccc5)c5cccnc5n4)c23)c2ccccc2n1-c1ccccc1. The molecule has 0 aliphatic heterocycles. The number of hydrogen-bond donors (Lipinski definition) is 0. The van der Waals surface area contributed by atoms with E-state index in [1.54, 1.807) is 6.20 Å². The van der Waals surface area contributed by atoms with Gasteiger partial charge in [-0.1, -0.05) is 109 Å². The highest BCUT2D eigenvalue weighted by Crippen LogP contribution is 2.44. The van der Waals surface area contributed by atoms with E-state index in [1.807, 2.05) is 59.2 Å². The van der Waals surface area contributed by atoms with Crippen molar-refractivity contribution in [2.24, 2.45) is 0 Å². The number of rotatable bonds is 3. The minimum atomic E-state index is -0.0723. The average molecular weight is 615 g/mol. The molecule has 0 N–H and O–H groups in total. The Morgan fingerprint density at radius 1 is 0.479 bits per heavy atom. The number of pyridine rings is 3. The lowest BCUT2D eigenvalue weighted by molar-refractivity contribution is 1.06. The molecule has 0 amide bonds. The Morgan fingerprint density at radius 3 is 1.77 bits per heavy atom. The summed E-state index contributed by atoms with van der Waals surface area (Å²) in [6.07, 6.45) is 1.79. The third-order valence-corrected chi connectivity index (χ3v) is 9.56. The summed E-state index contributed by atoms with van der Waals surface area (Å²) in [7, 11) is 0. The first kappa shape index (κ1) is 26.6. The van der Waals surface area contributed by atoms with Gasteiger partial charge in [0.2, 0.25) is 0 Å². The van der Waals surface area contributed by atoms with Gasteiger partial charge in [-0.05, 0) is 64.4 Å². The van der Waals surface area contributed by atoms with Crippen LogP contribution in [0.25, 0.3) is 87.9 Å². The van der Waals surface area contributed by atoms with Crippen LogP contribution in [0.2, 0.25) is 0 Å². The molecule has 0 bridgehead atoms. The summed E-state index contributed by atoms with van der Waals surface area (Å²) in [6.45, 7) is 0. The summed E-state index contributed by atoms with van der Waals surface area (Å²) < 4.78 is 4.05. The summed E-state index contributed by atoms with van der Waals surface area (Å²) >= 11 is 0. The van der Waals surface area contributed by atoms with Crippen LogP contribution in [-0.2, 0) is 0 Å². The molecule has 6 aromatic carbocycles. The van der Waals surface area contributed by atoms with Crippen molar-refractivity contribution in [1.29, 1.82) is 0 Å². The Kier molecular flexibility index (Phi) is 5.66. The van der Waals surface area contributed by atoms with Gasteiger partial charge in [0.05, 0.1) is 21.9 Å². The Morgan fingerprint density at radius 2 is 1.04 bits per heavy atom. The molecule has 224 valence electrons. The molecule has 0 saturated carbocycles. The molecule has 48 heavy (non-hydrogen) atoms. The molecule has 0 aliphatic rings. The van der Waals surface area contributed by atoms with Crippen LogP contribution in [0.4, 0.5) is 0 Å². The lowest BCUT2D eigenvalue weighted by Crippen LogP contribution is -2.20. The summed E-state index contributed by atoms with van der Waals surface area (Å²) in [5.41, 5.74) is 6.20. The van der Waals surface area contributed by atoms with E-state index in [-0.39, 0.29) is 5.56 Å². The average Bonchev–Trinajstić information content (AvgIpc) is 3.50. The molecular weight excluding hydrogens is 589 g/mol. The van der Waals surface area contributed by atoms with Crippen LogP contribution in [0, 0.1) is 0 Å². The van der Waals surface area contributed by atoms with Crippen LogP contribution < -0.4 is 5.56 Å². The zero-order valence-corrected chi connectivity index (χ0v) is 25.7. The van der Waals surface area contributed by atoms with Crippen LogP contribution in [-0.4, -0.2) is 19.1 Å². The van der Waals surface area contributed by atoms with Crippen molar-refractivity contribution in [3.63, 3.8) is 0 Å².